The van der Waals surface area contributed by atoms with Crippen molar-refractivity contribution in [1.82, 2.24) is 20.3 Å². The third-order valence-electron chi connectivity index (χ3n) is 17.8. The molecular weight excluding hydrogens is 833 g/mol. The van der Waals surface area contributed by atoms with E-state index < -0.39 is 44.3 Å². The largest absolute Gasteiger partial charge is 0.490 e. The number of hydrogen-bond donors (Lipinski definition) is 4. The van der Waals surface area contributed by atoms with Crippen molar-refractivity contribution < 1.29 is 39.8 Å². The van der Waals surface area contributed by atoms with E-state index in [2.05, 4.69) is 151 Å². The van der Waals surface area contributed by atoms with E-state index in [0.717, 1.165) is 10.8 Å². The summed E-state index contributed by atoms with van der Waals surface area (Å²) in [6.45, 7) is 42.3. The van der Waals surface area contributed by atoms with Crippen LogP contribution in [0, 0.1) is 23.7 Å². The number of rotatable bonds is 12. The van der Waals surface area contributed by atoms with Crippen molar-refractivity contribution in [1.29, 1.82) is 0 Å². The van der Waals surface area contributed by atoms with Crippen LogP contribution < -0.4 is 18.9 Å². The zero-order chi connectivity index (χ0) is 49.7. The van der Waals surface area contributed by atoms with E-state index >= 15 is 0 Å². The number of fused-ring (bicyclic) bond motifs is 1. The van der Waals surface area contributed by atoms with Crippen molar-refractivity contribution in [3.8, 4) is 23.0 Å². The van der Waals surface area contributed by atoms with Gasteiger partial charge in [-0.25, -0.2) is 0 Å². The average Bonchev–Trinajstić information content (AvgIpc) is 3.16. The predicted molar refractivity (Wildman–Crippen MR) is 262 cm³/mol. The summed E-state index contributed by atoms with van der Waals surface area (Å²) in [6.07, 6.45) is 4.02. The first-order valence-corrected chi connectivity index (χ1v) is 25.3. The first-order valence-electron chi connectivity index (χ1n) is 25.3. The Hall–Kier alpha value is -2.42. The van der Waals surface area contributed by atoms with E-state index in [4.69, 9.17) is 18.9 Å². The SMILES string of the molecule is CC(C)C1(C)CC(Oc2cc(OC3CC(C)(C)N(O)C(C)(C(C)C)C3)c3cc(OC4CC(C)(C)N(O)C(C)(C(C)C)C4)cc(OC4CC(C)(C)N(O)C(C)(C(C)C)C4)c3c2)CC(C)(C)N1O. The Morgan fingerprint density at radius 2 is 0.576 bits per heavy atom. The van der Waals surface area contributed by atoms with E-state index in [1.807, 2.05) is 12.1 Å². The third kappa shape index (κ3) is 9.58. The van der Waals surface area contributed by atoms with Crippen LogP contribution in [-0.4, -0.2) is 110 Å². The Bertz CT molecular complexity index is 1910. The highest BCUT2D eigenvalue weighted by molar-refractivity contribution is 5.95. The third-order valence-corrected chi connectivity index (χ3v) is 17.8. The fourth-order valence-corrected chi connectivity index (χ4v) is 12.5. The lowest BCUT2D eigenvalue weighted by Crippen LogP contribution is -2.64. The molecule has 4 N–H and O–H groups in total. The van der Waals surface area contributed by atoms with Crippen LogP contribution in [-0.2, 0) is 0 Å². The first-order chi connectivity index (χ1) is 30.0. The maximum absolute atomic E-state index is 11.6. The summed E-state index contributed by atoms with van der Waals surface area (Å²) in [6, 6.07) is 8.22. The summed E-state index contributed by atoms with van der Waals surface area (Å²) in [5.41, 5.74) is -4.31. The van der Waals surface area contributed by atoms with E-state index in [-0.39, 0.29) is 48.1 Å². The number of hydroxylamine groups is 8. The Labute approximate surface area is 399 Å². The van der Waals surface area contributed by atoms with Gasteiger partial charge in [-0.15, -0.1) is 0 Å². The quantitative estimate of drug-likeness (QED) is 0.162. The van der Waals surface area contributed by atoms with Crippen LogP contribution in [0.15, 0.2) is 24.3 Å². The Morgan fingerprint density at radius 1 is 0.364 bits per heavy atom. The maximum atomic E-state index is 11.6. The van der Waals surface area contributed by atoms with Crippen LogP contribution in [0.3, 0.4) is 0 Å². The van der Waals surface area contributed by atoms with Crippen LogP contribution in [0.1, 0.15) is 190 Å². The molecule has 8 atom stereocenters. The number of hydrogen-bond acceptors (Lipinski definition) is 12. The van der Waals surface area contributed by atoms with Gasteiger partial charge in [0.25, 0.3) is 0 Å². The molecule has 12 heteroatoms. The van der Waals surface area contributed by atoms with Gasteiger partial charge >= 0.3 is 0 Å². The number of piperidine rings is 4. The summed E-state index contributed by atoms with van der Waals surface area (Å²) in [4.78, 5) is 0. The maximum Gasteiger partial charge on any atom is 0.131 e. The van der Waals surface area contributed by atoms with Crippen LogP contribution in [0.25, 0.3) is 10.8 Å². The fraction of sp³-hybridized carbons (Fsp3) is 0.815. The molecule has 4 saturated heterocycles. The Balaban J connectivity index is 1.54. The average molecular weight is 925 g/mol. The molecule has 4 aliphatic rings. The smallest absolute Gasteiger partial charge is 0.131 e. The molecule has 376 valence electrons. The highest BCUT2D eigenvalue weighted by Crippen LogP contribution is 2.50. The van der Waals surface area contributed by atoms with Gasteiger partial charge in [0, 0.05) is 119 Å². The molecule has 0 aromatic heterocycles. The molecule has 2 aromatic carbocycles. The van der Waals surface area contributed by atoms with Crippen molar-refractivity contribution in [2.75, 3.05) is 0 Å². The molecule has 4 fully saturated rings. The molecule has 66 heavy (non-hydrogen) atoms. The fourth-order valence-electron chi connectivity index (χ4n) is 12.5. The molecular formula is C54H92N4O8. The molecule has 4 aliphatic heterocycles. The lowest BCUT2D eigenvalue weighted by Gasteiger charge is -2.55. The first kappa shape index (κ1) is 52.9. The van der Waals surface area contributed by atoms with Crippen molar-refractivity contribution in [3.05, 3.63) is 24.3 Å². The molecule has 0 bridgehead atoms. The van der Waals surface area contributed by atoms with Gasteiger partial charge in [-0.2, -0.15) is 20.3 Å². The Kier molecular flexibility index (Phi) is 14.2. The molecule has 2 aromatic rings. The normalized spacial score (nSPS) is 35.5. The van der Waals surface area contributed by atoms with E-state index in [9.17, 15) is 20.8 Å². The van der Waals surface area contributed by atoms with Gasteiger partial charge in [0.1, 0.15) is 47.4 Å². The lowest BCUT2D eigenvalue weighted by atomic mass is 9.73. The van der Waals surface area contributed by atoms with Gasteiger partial charge < -0.3 is 39.8 Å². The van der Waals surface area contributed by atoms with Crippen molar-refractivity contribution in [3.63, 3.8) is 0 Å². The monoisotopic (exact) mass is 925 g/mol. The van der Waals surface area contributed by atoms with Crippen LogP contribution in [0.5, 0.6) is 23.0 Å². The highest BCUT2D eigenvalue weighted by atomic mass is 16.5. The van der Waals surface area contributed by atoms with Crippen molar-refractivity contribution >= 4 is 10.8 Å². The van der Waals surface area contributed by atoms with Crippen LogP contribution in [0.2, 0.25) is 0 Å². The summed E-state index contributed by atoms with van der Waals surface area (Å²) < 4.78 is 28.9. The van der Waals surface area contributed by atoms with E-state index in [0.29, 0.717) is 74.4 Å². The molecule has 12 nitrogen and oxygen atoms in total. The van der Waals surface area contributed by atoms with Gasteiger partial charge in [0.05, 0.1) is 0 Å². The molecule has 0 radical (unpaired) electrons. The lowest BCUT2D eigenvalue weighted by molar-refractivity contribution is -0.272. The topological polar surface area (TPSA) is 131 Å². The summed E-state index contributed by atoms with van der Waals surface area (Å²) in [5.74, 6) is 3.23. The minimum atomic E-state index is -0.561. The van der Waals surface area contributed by atoms with E-state index in [1.165, 1.54) is 0 Å². The zero-order valence-corrected chi connectivity index (χ0v) is 44.8. The second kappa shape index (κ2) is 17.8. The molecule has 0 saturated carbocycles. The Morgan fingerprint density at radius 3 is 0.788 bits per heavy atom. The van der Waals surface area contributed by atoms with Crippen LogP contribution in [0.4, 0.5) is 0 Å². The van der Waals surface area contributed by atoms with Crippen molar-refractivity contribution in [2.45, 2.75) is 259 Å². The minimum absolute atomic E-state index is 0.146. The highest BCUT2D eigenvalue weighted by Gasteiger charge is 2.54. The van der Waals surface area contributed by atoms with Gasteiger partial charge in [0.15, 0.2) is 0 Å². The molecule has 6 rings (SSSR count). The molecule has 0 aliphatic carbocycles. The second-order valence-electron chi connectivity index (χ2n) is 26.1. The number of ether oxygens (including phenoxy) is 4. The predicted octanol–water partition coefficient (Wildman–Crippen LogP) is 12.5. The summed E-state index contributed by atoms with van der Waals surface area (Å²) >= 11 is 0. The molecule has 0 amide bonds. The molecule has 8 unspecified atom stereocenters. The standard InChI is InChI=1S/C54H92N4O8/c1-33(2)51(17)29-39(25-47(9,10)55(51)59)63-37-21-43-44(45(23-37)65-41-27-49(13,14)57(61)53(19,31-41)35(5)6)22-38(64-40-26-48(11,12)56(60)52(18,30-40)34(3)4)24-46(43)66-42-28-50(15,16)58(62)54(20,32-42)36(7)8/h21-24,33-36,39-42,59-62H,25-32H2,1-20H3. The van der Waals surface area contributed by atoms with Crippen molar-refractivity contribution in [2.24, 2.45) is 23.7 Å². The van der Waals surface area contributed by atoms with Gasteiger partial charge in [-0.1, -0.05) is 55.4 Å². The molecule has 4 heterocycles. The van der Waals surface area contributed by atoms with Crippen LogP contribution >= 0.6 is 0 Å². The summed E-state index contributed by atoms with van der Waals surface area (Å²) in [5, 5.41) is 54.3. The number of nitrogens with zero attached hydrogens (tertiary/aromatic N) is 4. The van der Waals surface area contributed by atoms with Gasteiger partial charge in [-0.05, 0) is 119 Å². The summed E-state index contributed by atoms with van der Waals surface area (Å²) in [7, 11) is 0. The second-order valence-corrected chi connectivity index (χ2v) is 26.1. The zero-order valence-electron chi connectivity index (χ0n) is 44.8. The minimum Gasteiger partial charge on any atom is -0.490 e. The van der Waals surface area contributed by atoms with E-state index in [1.54, 1.807) is 20.3 Å². The van der Waals surface area contributed by atoms with Gasteiger partial charge in [-0.3, -0.25) is 0 Å². The number of benzene rings is 2. The van der Waals surface area contributed by atoms with Gasteiger partial charge in [0.2, 0.25) is 0 Å². The molecule has 0 spiro atoms.